The van der Waals surface area contributed by atoms with Crippen LogP contribution in [0.5, 0.6) is 11.5 Å². The first-order chi connectivity index (χ1) is 15.4. The minimum Gasteiger partial charge on any atom is -0.413 e. The summed E-state index contributed by atoms with van der Waals surface area (Å²) >= 11 is 0. The van der Waals surface area contributed by atoms with Crippen LogP contribution < -0.4 is 14.4 Å². The van der Waals surface area contributed by atoms with Gasteiger partial charge in [-0.3, -0.25) is 0 Å². The second kappa shape index (κ2) is 11.4. The Morgan fingerprint density at radius 1 is 0.688 bits per heavy atom. The fourth-order valence-electron chi connectivity index (χ4n) is 3.69. The van der Waals surface area contributed by atoms with E-state index in [1.165, 1.54) is 22.3 Å². The van der Waals surface area contributed by atoms with Crippen LogP contribution in [-0.4, -0.2) is 0 Å². The Kier molecular flexibility index (Phi) is 8.59. The molecule has 0 aromatic heterocycles. The maximum absolute atomic E-state index is 14.1. The summed E-state index contributed by atoms with van der Waals surface area (Å²) in [7, 11) is -3.64. The van der Waals surface area contributed by atoms with Crippen LogP contribution in [-0.2, 0) is 17.4 Å². The van der Waals surface area contributed by atoms with Crippen molar-refractivity contribution in [1.82, 2.24) is 0 Å². The van der Waals surface area contributed by atoms with E-state index in [1.54, 1.807) is 12.1 Å². The zero-order valence-electron chi connectivity index (χ0n) is 19.8. The highest BCUT2D eigenvalue weighted by Gasteiger charge is 2.31. The van der Waals surface area contributed by atoms with Crippen molar-refractivity contribution in [2.24, 2.45) is 0 Å². The highest BCUT2D eigenvalue weighted by atomic mass is 31.2. The number of aryl methyl sites for hydroxylation is 4. The fourth-order valence-corrected chi connectivity index (χ4v) is 5.26. The van der Waals surface area contributed by atoms with Crippen LogP contribution in [0.3, 0.4) is 0 Å². The second-order valence-corrected chi connectivity index (χ2v) is 10.3. The number of hydrogen-bond acceptors (Lipinski definition) is 3. The highest BCUT2D eigenvalue weighted by molar-refractivity contribution is 7.63. The van der Waals surface area contributed by atoms with E-state index in [9.17, 15) is 4.57 Å². The molecule has 3 rings (SSSR count). The number of benzene rings is 3. The molecule has 0 spiro atoms. The lowest BCUT2D eigenvalue weighted by atomic mass is 10.0. The summed E-state index contributed by atoms with van der Waals surface area (Å²) in [5.74, 6) is 1.15. The number of hydrogen-bond donors (Lipinski definition) is 0. The SMILES string of the molecule is CCCCc1cc(OP(=O)(Oc2ccc(C)c(CCCC)c2)c2ccccc2)ccc1C. The van der Waals surface area contributed by atoms with Crippen LogP contribution >= 0.6 is 7.60 Å². The minimum absolute atomic E-state index is 0.548. The molecule has 170 valence electrons. The first-order valence-corrected chi connectivity index (χ1v) is 13.2. The Balaban J connectivity index is 1.94. The average molecular weight is 451 g/mol. The smallest absolute Gasteiger partial charge is 0.413 e. The Labute approximate surface area is 193 Å². The molecular weight excluding hydrogens is 415 g/mol. The summed E-state index contributed by atoms with van der Waals surface area (Å²) in [6.45, 7) is 8.57. The standard InChI is InChI=1S/C28H35O3P/c1-5-7-12-24-20-26(18-16-22(24)3)30-32(29,28-14-10-9-11-15-28)31-27-19-17-23(4)25(21-27)13-8-6-2/h9-11,14-21H,5-8,12-13H2,1-4H3. The van der Waals surface area contributed by atoms with Gasteiger partial charge in [0.25, 0.3) is 0 Å². The zero-order chi connectivity index (χ0) is 23.0. The van der Waals surface area contributed by atoms with Crippen molar-refractivity contribution >= 4 is 12.9 Å². The quantitative estimate of drug-likeness (QED) is 0.278. The zero-order valence-corrected chi connectivity index (χ0v) is 20.7. The molecule has 0 bridgehead atoms. The predicted octanol–water partition coefficient (Wildman–Crippen LogP) is 7.97. The Morgan fingerprint density at radius 3 is 1.59 bits per heavy atom. The maximum Gasteiger partial charge on any atom is 0.462 e. The van der Waals surface area contributed by atoms with Crippen LogP contribution in [0.4, 0.5) is 0 Å². The van der Waals surface area contributed by atoms with Crippen molar-refractivity contribution in [3.05, 3.63) is 89.0 Å². The van der Waals surface area contributed by atoms with E-state index in [1.807, 2.05) is 54.6 Å². The summed E-state index contributed by atoms with van der Waals surface area (Å²) in [4.78, 5) is 0. The minimum atomic E-state index is -3.64. The van der Waals surface area contributed by atoms with E-state index < -0.39 is 7.60 Å². The summed E-state index contributed by atoms with van der Waals surface area (Å²) in [5, 5.41) is 0.548. The van der Waals surface area contributed by atoms with E-state index in [0.717, 1.165) is 38.5 Å². The molecule has 0 fully saturated rings. The van der Waals surface area contributed by atoms with Crippen LogP contribution in [0.25, 0.3) is 0 Å². The van der Waals surface area contributed by atoms with Gasteiger partial charge in [-0.15, -0.1) is 0 Å². The molecule has 0 unspecified atom stereocenters. The van der Waals surface area contributed by atoms with Crippen molar-refractivity contribution in [1.29, 1.82) is 0 Å². The Bertz CT molecular complexity index is 996. The van der Waals surface area contributed by atoms with E-state index in [4.69, 9.17) is 9.05 Å². The summed E-state index contributed by atoms with van der Waals surface area (Å²) in [6.07, 6.45) is 6.44. The number of unbranched alkanes of at least 4 members (excludes halogenated alkanes) is 2. The molecule has 4 heteroatoms. The molecule has 0 atom stereocenters. The monoisotopic (exact) mass is 450 g/mol. The molecule has 0 aliphatic rings. The van der Waals surface area contributed by atoms with Crippen molar-refractivity contribution in [3.63, 3.8) is 0 Å². The first-order valence-electron chi connectivity index (χ1n) is 11.7. The topological polar surface area (TPSA) is 35.5 Å². The molecule has 0 aliphatic carbocycles. The third kappa shape index (κ3) is 6.26. The van der Waals surface area contributed by atoms with Crippen LogP contribution in [0.15, 0.2) is 66.7 Å². The van der Waals surface area contributed by atoms with Gasteiger partial charge in [0.2, 0.25) is 0 Å². The van der Waals surface area contributed by atoms with Crippen molar-refractivity contribution in [2.75, 3.05) is 0 Å². The van der Waals surface area contributed by atoms with Crippen LogP contribution in [0.2, 0.25) is 0 Å². The van der Waals surface area contributed by atoms with E-state index in [0.29, 0.717) is 16.8 Å². The van der Waals surface area contributed by atoms with Crippen LogP contribution in [0, 0.1) is 13.8 Å². The molecule has 0 saturated carbocycles. The molecule has 3 nitrogen and oxygen atoms in total. The lowest BCUT2D eigenvalue weighted by Gasteiger charge is -2.21. The van der Waals surface area contributed by atoms with Gasteiger partial charge in [-0.25, -0.2) is 4.57 Å². The maximum atomic E-state index is 14.1. The second-order valence-electron chi connectivity index (χ2n) is 8.40. The van der Waals surface area contributed by atoms with Crippen molar-refractivity contribution in [3.8, 4) is 11.5 Å². The van der Waals surface area contributed by atoms with Gasteiger partial charge in [-0.05, 0) is 98.2 Å². The first kappa shape index (κ1) is 24.1. The number of rotatable bonds is 11. The van der Waals surface area contributed by atoms with Gasteiger partial charge in [0.15, 0.2) is 0 Å². The lowest BCUT2D eigenvalue weighted by Crippen LogP contribution is -2.14. The Morgan fingerprint density at radius 2 is 1.16 bits per heavy atom. The molecule has 3 aromatic rings. The van der Waals surface area contributed by atoms with Gasteiger partial charge >= 0.3 is 7.60 Å². The fraction of sp³-hybridized carbons (Fsp3) is 0.357. The van der Waals surface area contributed by atoms with E-state index in [-0.39, 0.29) is 0 Å². The van der Waals surface area contributed by atoms with E-state index in [2.05, 4.69) is 27.7 Å². The summed E-state index contributed by atoms with van der Waals surface area (Å²) in [6, 6.07) is 21.1. The van der Waals surface area contributed by atoms with Crippen LogP contribution in [0.1, 0.15) is 61.8 Å². The normalized spacial score (nSPS) is 11.4. The molecule has 0 heterocycles. The summed E-state index contributed by atoms with van der Waals surface area (Å²) in [5.41, 5.74) is 4.89. The predicted molar refractivity (Wildman–Crippen MR) is 135 cm³/mol. The molecule has 0 N–H and O–H groups in total. The largest absolute Gasteiger partial charge is 0.462 e. The van der Waals surface area contributed by atoms with Gasteiger partial charge in [0.1, 0.15) is 11.5 Å². The van der Waals surface area contributed by atoms with Gasteiger partial charge < -0.3 is 9.05 Å². The molecule has 3 aromatic carbocycles. The lowest BCUT2D eigenvalue weighted by molar-refractivity contribution is 0.399. The van der Waals surface area contributed by atoms with Crippen molar-refractivity contribution < 1.29 is 13.6 Å². The van der Waals surface area contributed by atoms with Gasteiger partial charge in [-0.1, -0.05) is 57.0 Å². The molecule has 0 radical (unpaired) electrons. The summed E-state index contributed by atoms with van der Waals surface area (Å²) < 4.78 is 26.4. The molecular formula is C28H35O3P. The molecule has 0 amide bonds. The van der Waals surface area contributed by atoms with E-state index >= 15 is 0 Å². The molecule has 0 aliphatic heterocycles. The molecule has 32 heavy (non-hydrogen) atoms. The van der Waals surface area contributed by atoms with Crippen molar-refractivity contribution in [2.45, 2.75) is 66.2 Å². The third-order valence-corrected chi connectivity index (χ3v) is 7.60. The Hall–Kier alpha value is -2.51. The highest BCUT2D eigenvalue weighted by Crippen LogP contribution is 2.48. The van der Waals surface area contributed by atoms with Gasteiger partial charge in [-0.2, -0.15) is 0 Å². The average Bonchev–Trinajstić information content (AvgIpc) is 2.80. The van der Waals surface area contributed by atoms with Gasteiger partial charge in [0, 0.05) is 0 Å². The third-order valence-electron chi connectivity index (χ3n) is 5.76. The molecule has 0 saturated heterocycles. The van der Waals surface area contributed by atoms with Gasteiger partial charge in [0.05, 0.1) is 5.30 Å².